The molecule has 4 radical (unpaired) electrons. The number of alkyl halides is 1. The van der Waals surface area contributed by atoms with E-state index in [9.17, 15) is 20.1 Å². The van der Waals surface area contributed by atoms with Crippen molar-refractivity contribution in [2.45, 2.75) is 142 Å². The molecular weight excluding hydrogens is 724 g/mol. The summed E-state index contributed by atoms with van der Waals surface area (Å²) in [7, 11) is -1.55. The number of allylic oxidation sites excluding steroid dienone is 2. The Bertz CT molecular complexity index is 1240. The molecule has 0 unspecified atom stereocenters. The van der Waals surface area contributed by atoms with Crippen molar-refractivity contribution < 1.29 is 42.5 Å². The van der Waals surface area contributed by atoms with Crippen LogP contribution in [0.1, 0.15) is 90.7 Å². The molecular formula is C41H69FO8Si3. The average molecular weight is 793 g/mol. The number of hydrogen-bond donors (Lipinski definition) is 3. The number of benzene rings is 1. The van der Waals surface area contributed by atoms with Crippen molar-refractivity contribution in [3.63, 3.8) is 0 Å². The molecule has 1 fully saturated rings. The van der Waals surface area contributed by atoms with Gasteiger partial charge in [0.25, 0.3) is 0 Å². The van der Waals surface area contributed by atoms with Gasteiger partial charge >= 0.3 is 5.97 Å². The molecule has 12 heteroatoms. The Morgan fingerprint density at radius 3 is 2.08 bits per heavy atom. The molecule has 0 saturated heterocycles. The van der Waals surface area contributed by atoms with Crippen LogP contribution in [0, 0.1) is 34.5 Å². The minimum absolute atomic E-state index is 0.0557. The van der Waals surface area contributed by atoms with Gasteiger partial charge in [0, 0.05) is 17.9 Å². The van der Waals surface area contributed by atoms with Crippen LogP contribution in [0.3, 0.4) is 0 Å². The summed E-state index contributed by atoms with van der Waals surface area (Å²) in [5.41, 5.74) is 1.19. The van der Waals surface area contributed by atoms with Crippen molar-refractivity contribution in [3.8, 4) is 0 Å². The van der Waals surface area contributed by atoms with Crippen molar-refractivity contribution in [2.75, 3.05) is 26.4 Å². The molecule has 8 nitrogen and oxygen atoms in total. The number of hydrogen-bond acceptors (Lipinski definition) is 8. The zero-order valence-electron chi connectivity index (χ0n) is 34.0. The Kier molecular flexibility index (Phi) is 18.1. The lowest BCUT2D eigenvalue weighted by molar-refractivity contribution is -0.151. The molecule has 0 amide bonds. The predicted molar refractivity (Wildman–Crippen MR) is 214 cm³/mol. The molecule has 0 aromatic heterocycles. The molecule has 0 heterocycles. The van der Waals surface area contributed by atoms with Crippen molar-refractivity contribution >= 4 is 33.8 Å². The topological polar surface area (TPSA) is 115 Å². The first-order chi connectivity index (χ1) is 25.0. The lowest BCUT2D eigenvalue weighted by Gasteiger charge is -2.43. The molecule has 2 aliphatic carbocycles. The van der Waals surface area contributed by atoms with Crippen LogP contribution < -0.4 is 0 Å². The molecule has 5 atom stereocenters. The van der Waals surface area contributed by atoms with Gasteiger partial charge in [-0.05, 0) is 117 Å². The highest BCUT2D eigenvalue weighted by atomic mass is 28.4. The van der Waals surface area contributed by atoms with E-state index in [0.29, 0.717) is 25.2 Å². The first kappa shape index (κ1) is 46.2. The van der Waals surface area contributed by atoms with Crippen LogP contribution in [0.25, 0.3) is 0 Å². The second-order valence-corrected chi connectivity index (χ2v) is 23.7. The van der Waals surface area contributed by atoms with Gasteiger partial charge in [0.05, 0.1) is 25.2 Å². The lowest BCUT2D eigenvalue weighted by Crippen LogP contribution is -2.46. The van der Waals surface area contributed by atoms with Gasteiger partial charge in [-0.15, -0.1) is 0 Å². The second-order valence-electron chi connectivity index (χ2n) is 17.6. The molecule has 3 N–H and O–H groups in total. The normalized spacial score (nSPS) is 22.2. The molecule has 0 bridgehead atoms. The third-order valence-corrected chi connectivity index (χ3v) is 17.9. The lowest BCUT2D eigenvalue weighted by atomic mass is 9.69. The minimum Gasteiger partial charge on any atom is -0.465 e. The predicted octanol–water partition coefficient (Wildman–Crippen LogP) is 7.51. The third-order valence-electron chi connectivity index (χ3n) is 12.5. The van der Waals surface area contributed by atoms with Gasteiger partial charge in [-0.25, -0.2) is 4.39 Å². The molecule has 0 spiro atoms. The van der Waals surface area contributed by atoms with Crippen LogP contribution in [0.15, 0.2) is 36.4 Å². The molecule has 300 valence electrons. The van der Waals surface area contributed by atoms with Crippen LogP contribution in [-0.4, -0.2) is 94.1 Å². The van der Waals surface area contributed by atoms with E-state index in [4.69, 9.17) is 18.0 Å². The number of rotatable bonds is 23. The van der Waals surface area contributed by atoms with Gasteiger partial charge in [-0.3, -0.25) is 4.79 Å². The minimum atomic E-state index is -2.09. The van der Waals surface area contributed by atoms with Gasteiger partial charge in [0.2, 0.25) is 19.5 Å². The SMILES string of the molecule is C[Si]OC(O[Si]C)C(C)(C)[C@@H]1C[C@H](F)[C@H](CC[C@@H](O[Si](C)(C)C(C)(C)C)C2Cc3ccccc3C2)[C@@H]1CC=CCCCC(=O)OCC(CO)(CO)CO. The van der Waals surface area contributed by atoms with Crippen molar-refractivity contribution in [1.29, 1.82) is 0 Å². The van der Waals surface area contributed by atoms with E-state index in [2.05, 4.69) is 84.1 Å². The highest BCUT2D eigenvalue weighted by molar-refractivity contribution is 6.74. The maximum Gasteiger partial charge on any atom is 0.305 e. The Hall–Kier alpha value is -1.23. The summed E-state index contributed by atoms with van der Waals surface area (Å²) in [6.45, 7) is 18.2. The fourth-order valence-corrected chi connectivity index (χ4v) is 10.6. The molecule has 3 rings (SSSR count). The number of fused-ring (bicyclic) bond motifs is 1. The number of carbonyl (C=O) groups excluding carboxylic acids is 1. The number of aliphatic hydroxyl groups is 3. The van der Waals surface area contributed by atoms with E-state index >= 15 is 4.39 Å². The van der Waals surface area contributed by atoms with Gasteiger partial charge in [0.15, 0.2) is 8.32 Å². The number of unbranched alkanes of at least 4 members (excludes halogenated alkanes) is 1. The summed E-state index contributed by atoms with van der Waals surface area (Å²) in [5.74, 6) is -0.0239. The van der Waals surface area contributed by atoms with E-state index in [-0.39, 0.29) is 61.4 Å². The summed E-state index contributed by atoms with van der Waals surface area (Å²) >= 11 is 0. The van der Waals surface area contributed by atoms with E-state index in [1.165, 1.54) is 11.1 Å². The quantitative estimate of drug-likeness (QED) is 0.0343. The average Bonchev–Trinajstić information content (AvgIpc) is 3.69. The first-order valence-corrected chi connectivity index (χ1v) is 25.4. The number of halogens is 1. The summed E-state index contributed by atoms with van der Waals surface area (Å²) in [4.78, 5) is 12.3. The first-order valence-electron chi connectivity index (χ1n) is 19.7. The van der Waals surface area contributed by atoms with E-state index in [1.54, 1.807) is 0 Å². The van der Waals surface area contributed by atoms with Gasteiger partial charge in [0.1, 0.15) is 19.1 Å². The van der Waals surface area contributed by atoms with Crippen LogP contribution in [0.4, 0.5) is 4.39 Å². The Morgan fingerprint density at radius 2 is 1.55 bits per heavy atom. The van der Waals surface area contributed by atoms with E-state index < -0.39 is 57.4 Å². The smallest absolute Gasteiger partial charge is 0.305 e. The summed E-state index contributed by atoms with van der Waals surface area (Å²) < 4.78 is 41.4. The fraction of sp³-hybridized carbons (Fsp3) is 0.780. The molecule has 0 aliphatic heterocycles. The van der Waals surface area contributed by atoms with Crippen LogP contribution >= 0.6 is 0 Å². The summed E-state index contributed by atoms with van der Waals surface area (Å²) in [6.07, 6.45) is 9.21. The standard InChI is InChI=1S/C41H69FO8Si3/c1-39(2,3)53(8,9)50-36(31-22-29-16-14-15-17-30(29)23-31)21-20-33-32(34(24-35(33)42)40(4,5)38(48-51-6)49-52-7)18-12-10-11-13-19-37(46)47-28-41(25-43,26-44)27-45/h10,12,14-17,31-36,38,43-45H,11,13,18-28H2,1-9H3/t32-,33+,34+,35-,36+/m0/s1. The third kappa shape index (κ3) is 12.4. The Balaban J connectivity index is 1.77. The van der Waals surface area contributed by atoms with Crippen molar-refractivity contribution in [2.24, 2.45) is 34.5 Å². The molecule has 2 aliphatic rings. The number of carbonyl (C=O) groups is 1. The molecule has 1 saturated carbocycles. The van der Waals surface area contributed by atoms with Gasteiger partial charge < -0.3 is 33.3 Å². The van der Waals surface area contributed by atoms with Gasteiger partial charge in [-0.1, -0.05) is 71.0 Å². The summed E-state index contributed by atoms with van der Waals surface area (Å²) in [5, 5.41) is 28.6. The molecule has 1 aromatic rings. The highest BCUT2D eigenvalue weighted by Gasteiger charge is 2.52. The molecule has 1 aromatic carbocycles. The van der Waals surface area contributed by atoms with Crippen LogP contribution in [0.2, 0.25) is 31.2 Å². The second kappa shape index (κ2) is 20.8. The Labute approximate surface area is 326 Å². The number of ether oxygens (including phenoxy) is 1. The zero-order chi connectivity index (χ0) is 39.5. The largest absolute Gasteiger partial charge is 0.465 e. The number of esters is 1. The van der Waals surface area contributed by atoms with E-state index in [0.717, 1.165) is 32.1 Å². The Morgan fingerprint density at radius 1 is 0.962 bits per heavy atom. The molecule has 53 heavy (non-hydrogen) atoms. The van der Waals surface area contributed by atoms with Gasteiger partial charge in [-0.2, -0.15) is 0 Å². The number of aliphatic hydroxyl groups excluding tert-OH is 3. The fourth-order valence-electron chi connectivity index (χ4n) is 7.95. The monoisotopic (exact) mass is 792 g/mol. The highest BCUT2D eigenvalue weighted by Crippen LogP contribution is 2.53. The summed E-state index contributed by atoms with van der Waals surface area (Å²) in [6, 6.07) is 8.74. The van der Waals surface area contributed by atoms with Crippen molar-refractivity contribution in [1.82, 2.24) is 0 Å². The van der Waals surface area contributed by atoms with Crippen molar-refractivity contribution in [3.05, 3.63) is 47.5 Å². The maximum absolute atomic E-state index is 16.5. The zero-order valence-corrected chi connectivity index (χ0v) is 37.0. The maximum atomic E-state index is 16.5. The van der Waals surface area contributed by atoms with E-state index in [1.807, 2.05) is 13.1 Å². The van der Waals surface area contributed by atoms with Crippen LogP contribution in [0.5, 0.6) is 0 Å². The van der Waals surface area contributed by atoms with Crippen LogP contribution in [-0.2, 0) is 35.7 Å².